The molecule has 0 fully saturated rings. The summed E-state index contributed by atoms with van der Waals surface area (Å²) in [5.41, 5.74) is 0.310. The molecule has 6 aromatic heterocycles. The zero-order valence-electron chi connectivity index (χ0n) is 37.5. The first-order chi connectivity index (χ1) is 31.8. The summed E-state index contributed by atoms with van der Waals surface area (Å²) in [5.74, 6) is 1.19. The number of aryl methyl sites for hydroxylation is 5. The van der Waals surface area contributed by atoms with Crippen molar-refractivity contribution in [1.82, 2.24) is 40.1 Å². The Balaban J connectivity index is 0.000000431. The van der Waals surface area contributed by atoms with Crippen LogP contribution in [0.25, 0.3) is 45.7 Å². The van der Waals surface area contributed by atoms with Gasteiger partial charge in [0.05, 0.1) is 34.3 Å². The maximum Gasteiger partial charge on any atom is 3.00 e. The van der Waals surface area contributed by atoms with Crippen molar-refractivity contribution in [3.05, 3.63) is 186 Å². The van der Waals surface area contributed by atoms with E-state index in [1.165, 1.54) is 27.8 Å². The van der Waals surface area contributed by atoms with Crippen LogP contribution in [0.1, 0.15) is 27.8 Å². The maximum atomic E-state index is 10.7. The molecule has 0 amide bonds. The van der Waals surface area contributed by atoms with Gasteiger partial charge in [-0.15, -0.1) is 0 Å². The van der Waals surface area contributed by atoms with Crippen LogP contribution in [0.4, 0.5) is 26.3 Å². The number of hydrogen-bond acceptors (Lipinski definition) is 13. The van der Waals surface area contributed by atoms with E-state index in [1.54, 1.807) is 6.20 Å². The van der Waals surface area contributed by atoms with Crippen LogP contribution in [0.5, 0.6) is 0 Å². The summed E-state index contributed by atoms with van der Waals surface area (Å²) >= 11 is 0. The zero-order chi connectivity index (χ0) is 50.5. The zero-order valence-corrected chi connectivity index (χ0v) is 41.5. The Bertz CT molecular complexity index is 2750. The fraction of sp³-hybridized carbons (Fsp3) is 0.152. The van der Waals surface area contributed by atoms with Gasteiger partial charge in [-0.3, -0.25) is 30.0 Å². The predicted molar refractivity (Wildman–Crippen MR) is 244 cm³/mol. The molecule has 2 aromatic carbocycles. The second-order valence-corrected chi connectivity index (χ2v) is 16.6. The van der Waals surface area contributed by atoms with Crippen molar-refractivity contribution in [1.29, 1.82) is 0 Å². The van der Waals surface area contributed by atoms with Crippen molar-refractivity contribution in [2.24, 2.45) is 0 Å². The van der Waals surface area contributed by atoms with Crippen LogP contribution in [-0.4, -0.2) is 77.4 Å². The third-order valence-electron chi connectivity index (χ3n) is 8.07. The standard InChI is InChI=1S/C13H9N4.2C12H12N2.C7H8.2CHF3O3S.Ir.H2O/c1-2-6-10(7-3-1)12-15-13(17-16-12)11-8-4-5-9-14-11;2*1-9-3-5-13-11(7-9)12-8-10(2)4-6-14-12;1-7-5-3-2-4-6-7;2*2-1(3,4)8(5,6)7;;/h1-9H;2*3-8H,1-2H3;2-6H,1H3;2*(H,5,6,7);;1H2/q-1;;;;;;+3;/p-2. The summed E-state index contributed by atoms with van der Waals surface area (Å²) in [6.45, 7) is 10.3. The van der Waals surface area contributed by atoms with Crippen LogP contribution >= 0.6 is 0 Å². The monoisotopic (exact) mass is 1190 g/mol. The second-order valence-electron chi connectivity index (χ2n) is 13.9. The number of pyridine rings is 5. The van der Waals surface area contributed by atoms with Gasteiger partial charge < -0.3 is 24.7 Å². The normalized spacial score (nSPS) is 10.6. The molecule has 0 aliphatic rings. The summed E-state index contributed by atoms with van der Waals surface area (Å²) in [5, 5.41) is 8.10. The first kappa shape index (κ1) is 61.4. The molecule has 0 bridgehead atoms. The number of halogens is 6. The Labute approximate surface area is 413 Å². The third-order valence-corrected chi connectivity index (χ3v) is 9.21. The number of rotatable bonds is 4. The second kappa shape index (κ2) is 28.7. The van der Waals surface area contributed by atoms with Crippen LogP contribution in [0, 0.1) is 34.6 Å². The van der Waals surface area contributed by atoms with Gasteiger partial charge in [-0.05, 0) is 129 Å². The van der Waals surface area contributed by atoms with Gasteiger partial charge in [-0.1, -0.05) is 72.3 Å². The van der Waals surface area contributed by atoms with Crippen LogP contribution in [-0.2, 0) is 40.3 Å². The van der Waals surface area contributed by atoms with Crippen molar-refractivity contribution < 1.29 is 77.9 Å². The molecular formula is C46H43F6IrN8O7S2. The van der Waals surface area contributed by atoms with Crippen molar-refractivity contribution in [3.63, 3.8) is 0 Å². The summed E-state index contributed by atoms with van der Waals surface area (Å²) in [7, 11) is -12.2. The molecule has 24 heteroatoms. The van der Waals surface area contributed by atoms with Gasteiger partial charge in [0.2, 0.25) is 0 Å². The minimum absolute atomic E-state index is 0. The molecule has 0 aliphatic heterocycles. The van der Waals surface area contributed by atoms with E-state index in [2.05, 4.69) is 86.9 Å². The van der Waals surface area contributed by atoms with Crippen molar-refractivity contribution in [2.45, 2.75) is 45.6 Å². The number of hydrogen-bond donors (Lipinski definition) is 0. The molecule has 0 spiro atoms. The molecule has 8 rings (SSSR count). The van der Waals surface area contributed by atoms with Crippen molar-refractivity contribution in [2.75, 3.05) is 0 Å². The Hall–Kier alpha value is -6.66. The van der Waals surface area contributed by atoms with E-state index in [0.29, 0.717) is 11.6 Å². The summed E-state index contributed by atoms with van der Waals surface area (Å²) in [6, 6.07) is 41.8. The Morgan fingerprint density at radius 2 is 0.757 bits per heavy atom. The molecule has 0 radical (unpaired) electrons. The molecule has 8 aromatic rings. The Morgan fingerprint density at radius 3 is 1.03 bits per heavy atom. The average Bonchev–Trinajstić information content (AvgIpc) is 3.78. The fourth-order valence-corrected chi connectivity index (χ4v) is 4.79. The van der Waals surface area contributed by atoms with E-state index in [0.717, 1.165) is 34.0 Å². The van der Waals surface area contributed by atoms with Crippen LogP contribution < -0.4 is 5.10 Å². The van der Waals surface area contributed by atoms with Gasteiger partial charge in [0.15, 0.2) is 20.2 Å². The molecule has 0 atom stereocenters. The van der Waals surface area contributed by atoms with Gasteiger partial charge in [0, 0.05) is 31.0 Å². The molecule has 372 valence electrons. The molecule has 15 nitrogen and oxygen atoms in total. The summed E-state index contributed by atoms with van der Waals surface area (Å²) in [4.78, 5) is 25.7. The fourth-order valence-electron chi connectivity index (χ4n) is 4.79. The molecule has 0 unspecified atom stereocenters. The molecule has 0 aliphatic carbocycles. The Morgan fingerprint density at radius 1 is 0.443 bits per heavy atom. The molecule has 0 saturated heterocycles. The van der Waals surface area contributed by atoms with E-state index in [1.807, 2.05) is 140 Å². The predicted octanol–water partition coefficient (Wildman–Crippen LogP) is 8.95. The molecule has 70 heavy (non-hydrogen) atoms. The van der Waals surface area contributed by atoms with Crippen molar-refractivity contribution in [3.8, 4) is 45.7 Å². The van der Waals surface area contributed by atoms with Crippen LogP contribution in [0.3, 0.4) is 0 Å². The molecular weight excluding hydrogens is 1150 g/mol. The van der Waals surface area contributed by atoms with Crippen LogP contribution in [0.15, 0.2) is 158 Å². The maximum absolute atomic E-state index is 10.7. The molecule has 0 saturated carbocycles. The molecule has 2 N–H and O–H groups in total. The van der Waals surface area contributed by atoms with Gasteiger partial charge >= 0.3 is 31.1 Å². The third kappa shape index (κ3) is 22.2. The molecule has 6 heterocycles. The number of aromatic nitrogens is 8. The summed E-state index contributed by atoms with van der Waals surface area (Å²) < 4.78 is 118. The number of benzene rings is 2. The van der Waals surface area contributed by atoms with E-state index in [9.17, 15) is 26.3 Å². The van der Waals surface area contributed by atoms with Crippen molar-refractivity contribution >= 4 is 20.2 Å². The largest absolute Gasteiger partial charge is 3.00 e. The SMILES string of the molecule is Cc1ccccc1.Cc1ccnc(-c2cc(C)ccn2)c1.Cc1ccnc(-c2cc(C)ccn2)c1.O.O=S(=O)([O-])C(F)(F)F.O=S(=O)([O-])C(F)(F)F.[Ir+3].c1ccc(-c2nc(-c3ccccn3)n[n-]2)cc1. The van der Waals surface area contributed by atoms with E-state index < -0.39 is 31.3 Å². The first-order valence-corrected chi connectivity index (χ1v) is 22.3. The van der Waals surface area contributed by atoms with E-state index >= 15 is 0 Å². The Kier molecular flexibility index (Phi) is 25.2. The first-order valence-electron chi connectivity index (χ1n) is 19.5. The van der Waals surface area contributed by atoms with E-state index in [4.69, 9.17) is 25.9 Å². The topological polar surface area (TPSA) is 250 Å². The van der Waals surface area contributed by atoms with Gasteiger partial charge in [0.1, 0.15) is 0 Å². The van der Waals surface area contributed by atoms with E-state index in [-0.39, 0.29) is 25.6 Å². The van der Waals surface area contributed by atoms with Gasteiger partial charge in [-0.2, -0.15) is 26.3 Å². The quantitative estimate of drug-likeness (QED) is 0.0906. The minimum Gasteiger partial charge on any atom is -0.741 e. The van der Waals surface area contributed by atoms with Crippen LogP contribution in [0.2, 0.25) is 0 Å². The smallest absolute Gasteiger partial charge is 0.741 e. The number of alkyl halides is 6. The number of nitrogens with zero attached hydrogens (tertiary/aromatic N) is 8. The average molecular weight is 1190 g/mol. The minimum atomic E-state index is -6.09. The summed E-state index contributed by atoms with van der Waals surface area (Å²) in [6.07, 6.45) is 8.97. The van der Waals surface area contributed by atoms with Gasteiger partial charge in [0.25, 0.3) is 0 Å². The van der Waals surface area contributed by atoms with Gasteiger partial charge in [-0.25, -0.2) is 16.8 Å².